The number of fused-ring (bicyclic) bond motifs is 3. The molecule has 0 aromatic heterocycles. The molecular formula is C22H24CrN2O5+3. The van der Waals surface area contributed by atoms with Crippen LogP contribution in [-0.4, -0.2) is 41.2 Å². The van der Waals surface area contributed by atoms with Crippen LogP contribution < -0.4 is 0 Å². The molecule has 0 spiro atoms. The van der Waals surface area contributed by atoms with Crippen LogP contribution in [-0.2, 0) is 47.3 Å². The summed E-state index contributed by atoms with van der Waals surface area (Å²) in [6.07, 6.45) is 6.46. The summed E-state index contributed by atoms with van der Waals surface area (Å²) in [6, 6.07) is 8.42. The van der Waals surface area contributed by atoms with Gasteiger partial charge >= 0.3 is 51.3 Å². The number of amides is 2. The maximum atomic E-state index is 12.8. The van der Waals surface area contributed by atoms with E-state index in [9.17, 15) is 9.59 Å². The summed E-state index contributed by atoms with van der Waals surface area (Å²) in [5.74, 6) is 0.461. The molecule has 1 aliphatic carbocycles. The minimum Gasteiger partial charge on any atom is 3.00 e. The van der Waals surface area contributed by atoms with Crippen molar-refractivity contribution in [3.63, 3.8) is 0 Å². The van der Waals surface area contributed by atoms with Crippen LogP contribution >= 0.6 is 0 Å². The van der Waals surface area contributed by atoms with E-state index in [1.807, 2.05) is 15.9 Å². The summed E-state index contributed by atoms with van der Waals surface area (Å²) in [7, 11) is 0. The Morgan fingerprint density at radius 2 is 1.57 bits per heavy atom. The Bertz CT molecular complexity index is 741. The molecule has 155 valence electrons. The first-order valence-electron chi connectivity index (χ1n) is 9.51. The van der Waals surface area contributed by atoms with E-state index in [-0.39, 0.29) is 47.7 Å². The maximum absolute atomic E-state index is 12.8. The molecule has 1 aromatic carbocycles. The van der Waals surface area contributed by atoms with Crippen molar-refractivity contribution in [3.05, 3.63) is 55.3 Å². The van der Waals surface area contributed by atoms with Gasteiger partial charge in [0.25, 0.3) is 0 Å². The van der Waals surface area contributed by atoms with E-state index < -0.39 is 0 Å². The first-order valence-corrected chi connectivity index (χ1v) is 9.51. The largest absolute Gasteiger partial charge is 3.00 e. The van der Waals surface area contributed by atoms with E-state index in [1.165, 1.54) is 17.5 Å². The minimum atomic E-state index is 0. The van der Waals surface area contributed by atoms with Crippen molar-refractivity contribution in [2.24, 2.45) is 5.92 Å². The maximum Gasteiger partial charge on any atom is 3.00 e. The van der Waals surface area contributed by atoms with Crippen molar-refractivity contribution < 1.29 is 40.9 Å². The second kappa shape index (κ2) is 14.8. The predicted octanol–water partition coefficient (Wildman–Crippen LogP) is 2.42. The standard InChI is InChI=1S/C19H24N2O2.3CO.Cr/c22-18-13-20(19(23)15-7-2-1-3-8-15)12-17-16-9-5-4-6-14(16)10-11-21(17)18;3*1-2;/h4-6,9,15,17H,1-3,7-8,10-13H2;;;;/q;;;;+3/t17-;;;;/m0..../s1. The molecule has 0 bridgehead atoms. The van der Waals surface area contributed by atoms with Gasteiger partial charge in [0, 0.05) is 19.0 Å². The third-order valence-electron chi connectivity index (χ3n) is 5.72. The summed E-state index contributed by atoms with van der Waals surface area (Å²) in [5, 5.41) is 0. The summed E-state index contributed by atoms with van der Waals surface area (Å²) in [6.45, 7) is 15.2. The predicted molar refractivity (Wildman–Crippen MR) is 99.5 cm³/mol. The molecule has 2 heterocycles. The molecule has 2 aliphatic heterocycles. The number of nitrogens with zero attached hydrogens (tertiary/aromatic N) is 2. The quantitative estimate of drug-likeness (QED) is 0.487. The van der Waals surface area contributed by atoms with Gasteiger partial charge in [0.2, 0.25) is 11.8 Å². The van der Waals surface area contributed by atoms with Gasteiger partial charge in [0.1, 0.15) is 0 Å². The smallest absolute Gasteiger partial charge is 3.00 e. The van der Waals surface area contributed by atoms with Crippen LogP contribution in [0.1, 0.15) is 49.3 Å². The van der Waals surface area contributed by atoms with E-state index in [0.29, 0.717) is 6.54 Å². The van der Waals surface area contributed by atoms with Crippen LogP contribution in [0.2, 0.25) is 0 Å². The number of carbonyl (C=O) groups excluding carboxylic acids is 2. The van der Waals surface area contributed by atoms with Gasteiger partial charge in [-0.1, -0.05) is 43.5 Å². The number of benzene rings is 1. The summed E-state index contributed by atoms with van der Waals surface area (Å²) in [5.41, 5.74) is 2.56. The normalized spacial score (nSPS) is 19.4. The third kappa shape index (κ3) is 6.46. The number of hydrogen-bond donors (Lipinski definition) is 0. The Kier molecular flexibility index (Phi) is 13.8. The second-order valence-corrected chi connectivity index (χ2v) is 7.11. The molecule has 1 aromatic rings. The second-order valence-electron chi connectivity index (χ2n) is 7.11. The van der Waals surface area contributed by atoms with Crippen LogP contribution in [0.5, 0.6) is 0 Å². The van der Waals surface area contributed by atoms with Crippen molar-refractivity contribution in [1.29, 1.82) is 0 Å². The Morgan fingerprint density at radius 1 is 0.967 bits per heavy atom. The van der Waals surface area contributed by atoms with Crippen molar-refractivity contribution in [1.82, 2.24) is 9.80 Å². The monoisotopic (exact) mass is 448 g/mol. The number of rotatable bonds is 1. The molecule has 30 heavy (non-hydrogen) atoms. The van der Waals surface area contributed by atoms with Crippen molar-refractivity contribution in [2.45, 2.75) is 44.6 Å². The Hall–Kier alpha value is -2.09. The van der Waals surface area contributed by atoms with Gasteiger partial charge in [0.05, 0.1) is 12.6 Å². The van der Waals surface area contributed by atoms with Crippen LogP contribution in [0, 0.1) is 25.9 Å². The molecule has 2 amide bonds. The molecule has 1 atom stereocenters. The SMILES string of the molecule is O=C(C1CCCCC1)N1CC(=O)N2CCc3ccccc3[C@@H]2C1.[C-]#[O+].[C-]#[O+].[C-]#[O+].[Cr+3]. The molecule has 1 saturated carbocycles. The first-order chi connectivity index (χ1) is 14.2. The van der Waals surface area contributed by atoms with E-state index in [1.54, 1.807) is 0 Å². The van der Waals surface area contributed by atoms with E-state index >= 15 is 0 Å². The fourth-order valence-corrected chi connectivity index (χ4v) is 4.45. The van der Waals surface area contributed by atoms with Gasteiger partial charge in [-0.25, -0.2) is 0 Å². The molecule has 2 fully saturated rings. The zero-order chi connectivity index (χ0) is 21.8. The summed E-state index contributed by atoms with van der Waals surface area (Å²) < 4.78 is 22.5. The molecule has 7 nitrogen and oxygen atoms in total. The molecule has 3 aliphatic rings. The molecule has 0 unspecified atom stereocenters. The molecule has 0 N–H and O–H groups in total. The van der Waals surface area contributed by atoms with Gasteiger partial charge in [-0.2, -0.15) is 0 Å². The van der Waals surface area contributed by atoms with Crippen LogP contribution in [0.25, 0.3) is 0 Å². The minimum absolute atomic E-state index is 0. The fraction of sp³-hybridized carbons (Fsp3) is 0.500. The van der Waals surface area contributed by atoms with Gasteiger partial charge in [-0.05, 0) is 30.4 Å². The first kappa shape index (κ1) is 27.9. The van der Waals surface area contributed by atoms with Crippen molar-refractivity contribution in [3.8, 4) is 0 Å². The summed E-state index contributed by atoms with van der Waals surface area (Å²) >= 11 is 0. The Morgan fingerprint density at radius 3 is 2.20 bits per heavy atom. The summed E-state index contributed by atoms with van der Waals surface area (Å²) in [4.78, 5) is 29.2. The van der Waals surface area contributed by atoms with E-state index in [0.717, 1.165) is 38.6 Å². The molecular weight excluding hydrogens is 424 g/mol. The van der Waals surface area contributed by atoms with Crippen LogP contribution in [0.4, 0.5) is 0 Å². The van der Waals surface area contributed by atoms with E-state index in [2.05, 4.69) is 38.2 Å². The van der Waals surface area contributed by atoms with Crippen molar-refractivity contribution in [2.75, 3.05) is 19.6 Å². The van der Waals surface area contributed by atoms with Gasteiger partial charge in [0.15, 0.2) is 0 Å². The van der Waals surface area contributed by atoms with Crippen LogP contribution in [0.15, 0.2) is 24.3 Å². The zero-order valence-electron chi connectivity index (χ0n) is 16.7. The average Bonchev–Trinajstić information content (AvgIpc) is 2.83. The van der Waals surface area contributed by atoms with Gasteiger partial charge in [-0.15, -0.1) is 0 Å². The number of piperazine rings is 1. The van der Waals surface area contributed by atoms with Gasteiger partial charge < -0.3 is 9.80 Å². The molecule has 1 radical (unpaired) electrons. The Labute approximate surface area is 188 Å². The third-order valence-corrected chi connectivity index (χ3v) is 5.72. The number of hydrogen-bond acceptors (Lipinski definition) is 2. The van der Waals surface area contributed by atoms with Gasteiger partial charge in [-0.3, -0.25) is 9.59 Å². The topological polar surface area (TPSA) is 100 Å². The van der Waals surface area contributed by atoms with E-state index in [4.69, 9.17) is 14.0 Å². The fourth-order valence-electron chi connectivity index (χ4n) is 4.45. The number of carbonyl (C=O) groups is 2. The molecule has 8 heteroatoms. The van der Waals surface area contributed by atoms with Crippen molar-refractivity contribution >= 4 is 11.8 Å². The molecule has 4 rings (SSSR count). The zero-order valence-corrected chi connectivity index (χ0v) is 17.9. The average molecular weight is 448 g/mol. The Balaban J connectivity index is 0.00000111. The van der Waals surface area contributed by atoms with Crippen LogP contribution in [0.3, 0.4) is 0 Å². The molecule has 1 saturated heterocycles.